The van der Waals surface area contributed by atoms with E-state index in [9.17, 15) is 14.4 Å². The number of methoxy groups -OCH3 is 1. The second-order valence-corrected chi connectivity index (χ2v) is 7.41. The minimum atomic E-state index is -0.902. The minimum Gasteiger partial charge on any atom is -0.462 e. The topological polar surface area (TPSA) is 114 Å². The van der Waals surface area contributed by atoms with Gasteiger partial charge in [0, 0.05) is 25.4 Å². The van der Waals surface area contributed by atoms with E-state index in [1.54, 1.807) is 12.4 Å². The number of hydrogen-bond acceptors (Lipinski definition) is 6. The Bertz CT molecular complexity index is 650. The molecule has 0 bridgehead atoms. The fourth-order valence-electron chi connectivity index (χ4n) is 2.98. The number of carbonyl (C=O) groups is 3. The molecule has 0 aliphatic heterocycles. The maximum Gasteiger partial charge on any atom is 0.329 e. The fraction of sp³-hybridized carbons (Fsp3) is 0.571. The minimum absolute atomic E-state index is 0.0786. The van der Waals surface area contributed by atoms with E-state index in [-0.39, 0.29) is 25.6 Å². The SMILES string of the molecule is COCCOC(=O)C(Cc1ccccc1)NC(=O)[C@H](CC(C)C)[C@H](C)C(=O)NO. The molecule has 0 saturated heterocycles. The molecule has 3 N–H and O–H groups in total. The molecular weight excluding hydrogens is 376 g/mol. The lowest BCUT2D eigenvalue weighted by Gasteiger charge is -2.26. The summed E-state index contributed by atoms with van der Waals surface area (Å²) < 4.78 is 10.1. The molecule has 1 aromatic rings. The Labute approximate surface area is 171 Å². The van der Waals surface area contributed by atoms with Crippen LogP contribution < -0.4 is 10.8 Å². The summed E-state index contributed by atoms with van der Waals surface area (Å²) in [7, 11) is 1.50. The Morgan fingerprint density at radius 3 is 2.24 bits per heavy atom. The molecule has 0 fully saturated rings. The quantitative estimate of drug-likeness (QED) is 0.210. The summed E-state index contributed by atoms with van der Waals surface area (Å²) in [6.07, 6.45) is 0.685. The zero-order valence-corrected chi connectivity index (χ0v) is 17.5. The number of esters is 1. The summed E-state index contributed by atoms with van der Waals surface area (Å²) >= 11 is 0. The van der Waals surface area contributed by atoms with Crippen molar-refractivity contribution in [1.29, 1.82) is 0 Å². The molecule has 8 heteroatoms. The summed E-state index contributed by atoms with van der Waals surface area (Å²) in [6.45, 7) is 5.77. The maximum atomic E-state index is 13.0. The van der Waals surface area contributed by atoms with Crippen LogP contribution in [0.25, 0.3) is 0 Å². The Hall–Kier alpha value is -2.45. The van der Waals surface area contributed by atoms with Crippen LogP contribution in [-0.2, 0) is 30.3 Å². The van der Waals surface area contributed by atoms with Crippen LogP contribution in [0, 0.1) is 17.8 Å². The van der Waals surface area contributed by atoms with Crippen molar-refractivity contribution in [3.63, 3.8) is 0 Å². The van der Waals surface area contributed by atoms with Gasteiger partial charge in [0.2, 0.25) is 11.8 Å². The normalized spacial score (nSPS) is 14.0. The monoisotopic (exact) mass is 408 g/mol. The van der Waals surface area contributed by atoms with E-state index in [0.717, 1.165) is 5.56 Å². The molecule has 162 valence electrons. The number of hydrogen-bond donors (Lipinski definition) is 3. The lowest BCUT2D eigenvalue weighted by Crippen LogP contribution is -2.48. The molecule has 29 heavy (non-hydrogen) atoms. The van der Waals surface area contributed by atoms with E-state index in [2.05, 4.69) is 5.32 Å². The van der Waals surface area contributed by atoms with Gasteiger partial charge in [0.05, 0.1) is 6.61 Å². The first-order valence-electron chi connectivity index (χ1n) is 9.73. The second-order valence-electron chi connectivity index (χ2n) is 7.41. The fourth-order valence-corrected chi connectivity index (χ4v) is 2.98. The standard InChI is InChI=1S/C21H32N2O6/c1-14(2)12-17(15(3)19(24)23-27)20(25)22-18(21(26)29-11-10-28-4)13-16-8-6-5-7-9-16/h5-9,14-15,17-18,27H,10-13H2,1-4H3,(H,22,25)(H,23,24)/t15-,17+,18?/m0/s1. The van der Waals surface area contributed by atoms with Crippen molar-refractivity contribution in [2.75, 3.05) is 20.3 Å². The molecule has 1 unspecified atom stereocenters. The van der Waals surface area contributed by atoms with Crippen molar-refractivity contribution in [3.05, 3.63) is 35.9 Å². The smallest absolute Gasteiger partial charge is 0.329 e. The van der Waals surface area contributed by atoms with Crippen molar-refractivity contribution in [3.8, 4) is 0 Å². The van der Waals surface area contributed by atoms with E-state index in [0.29, 0.717) is 6.42 Å². The molecule has 2 amide bonds. The molecule has 0 aliphatic carbocycles. The summed E-state index contributed by atoms with van der Waals surface area (Å²) in [5.41, 5.74) is 2.46. The summed E-state index contributed by atoms with van der Waals surface area (Å²) in [4.78, 5) is 37.4. The zero-order chi connectivity index (χ0) is 21.8. The number of amides is 2. The molecule has 1 aromatic carbocycles. The van der Waals surface area contributed by atoms with Gasteiger partial charge >= 0.3 is 5.97 Å². The van der Waals surface area contributed by atoms with Crippen molar-refractivity contribution in [1.82, 2.24) is 10.8 Å². The Balaban J connectivity index is 2.98. The highest BCUT2D eigenvalue weighted by Crippen LogP contribution is 2.22. The lowest BCUT2D eigenvalue weighted by molar-refractivity contribution is -0.150. The van der Waals surface area contributed by atoms with Gasteiger partial charge in [0.25, 0.3) is 0 Å². The number of carbonyl (C=O) groups excluding carboxylic acids is 3. The maximum absolute atomic E-state index is 13.0. The van der Waals surface area contributed by atoms with Crippen LogP contribution in [0.1, 0.15) is 32.8 Å². The molecule has 0 heterocycles. The molecule has 0 saturated carbocycles. The van der Waals surface area contributed by atoms with Crippen LogP contribution in [-0.4, -0.2) is 49.4 Å². The van der Waals surface area contributed by atoms with Crippen molar-refractivity contribution < 1.29 is 29.1 Å². The van der Waals surface area contributed by atoms with E-state index in [1.165, 1.54) is 7.11 Å². The number of rotatable bonds is 12. The van der Waals surface area contributed by atoms with Gasteiger partial charge < -0.3 is 14.8 Å². The van der Waals surface area contributed by atoms with Crippen molar-refractivity contribution in [2.45, 2.75) is 39.7 Å². The zero-order valence-electron chi connectivity index (χ0n) is 17.5. The molecule has 8 nitrogen and oxygen atoms in total. The molecule has 0 aromatic heterocycles. The van der Waals surface area contributed by atoms with E-state index in [4.69, 9.17) is 14.7 Å². The molecular formula is C21H32N2O6. The summed E-state index contributed by atoms with van der Waals surface area (Å²) in [5, 5.41) is 11.7. The van der Waals surface area contributed by atoms with E-state index < -0.39 is 35.7 Å². The molecule has 0 aliphatic rings. The van der Waals surface area contributed by atoms with Crippen LogP contribution in [0.15, 0.2) is 30.3 Å². The first kappa shape index (κ1) is 24.6. The van der Waals surface area contributed by atoms with Gasteiger partial charge in [-0.05, 0) is 17.9 Å². The third kappa shape index (κ3) is 8.62. The van der Waals surface area contributed by atoms with Crippen LogP contribution in [0.4, 0.5) is 0 Å². The van der Waals surface area contributed by atoms with Crippen LogP contribution in [0.5, 0.6) is 0 Å². The third-order valence-electron chi connectivity index (χ3n) is 4.60. The lowest BCUT2D eigenvalue weighted by atomic mass is 9.85. The number of nitrogens with one attached hydrogen (secondary N) is 2. The van der Waals surface area contributed by atoms with Crippen LogP contribution in [0.2, 0.25) is 0 Å². The predicted octanol–water partition coefficient (Wildman–Crippen LogP) is 1.71. The van der Waals surface area contributed by atoms with Gasteiger partial charge in [0.1, 0.15) is 12.6 Å². The molecule has 3 atom stereocenters. The number of benzene rings is 1. The molecule has 0 spiro atoms. The highest BCUT2D eigenvalue weighted by Gasteiger charge is 2.33. The Morgan fingerprint density at radius 1 is 1.03 bits per heavy atom. The summed E-state index contributed by atoms with van der Waals surface area (Å²) in [6, 6.07) is 8.37. The first-order chi connectivity index (χ1) is 13.8. The van der Waals surface area contributed by atoms with E-state index >= 15 is 0 Å². The third-order valence-corrected chi connectivity index (χ3v) is 4.60. The van der Waals surface area contributed by atoms with E-state index in [1.807, 2.05) is 44.2 Å². The van der Waals surface area contributed by atoms with Crippen LogP contribution in [0.3, 0.4) is 0 Å². The summed E-state index contributed by atoms with van der Waals surface area (Å²) in [5.74, 6) is -2.97. The second kappa shape index (κ2) is 12.9. The highest BCUT2D eigenvalue weighted by molar-refractivity contribution is 5.90. The number of ether oxygens (including phenoxy) is 2. The van der Waals surface area contributed by atoms with Gasteiger partial charge in [-0.25, -0.2) is 10.3 Å². The van der Waals surface area contributed by atoms with Gasteiger partial charge in [-0.1, -0.05) is 51.1 Å². The number of hydroxylamine groups is 1. The van der Waals surface area contributed by atoms with Gasteiger partial charge in [-0.15, -0.1) is 0 Å². The Kier molecular flexibility index (Phi) is 10.9. The average Bonchev–Trinajstić information content (AvgIpc) is 2.71. The first-order valence-corrected chi connectivity index (χ1v) is 9.73. The Morgan fingerprint density at radius 2 is 1.69 bits per heavy atom. The largest absolute Gasteiger partial charge is 0.462 e. The molecule has 0 radical (unpaired) electrons. The average molecular weight is 408 g/mol. The van der Waals surface area contributed by atoms with Gasteiger partial charge in [-0.2, -0.15) is 0 Å². The van der Waals surface area contributed by atoms with Crippen molar-refractivity contribution in [2.24, 2.45) is 17.8 Å². The van der Waals surface area contributed by atoms with Crippen LogP contribution >= 0.6 is 0 Å². The van der Waals surface area contributed by atoms with Gasteiger partial charge in [0.15, 0.2) is 0 Å². The highest BCUT2D eigenvalue weighted by atomic mass is 16.6. The van der Waals surface area contributed by atoms with Gasteiger partial charge in [-0.3, -0.25) is 14.8 Å². The predicted molar refractivity (Wildman–Crippen MR) is 107 cm³/mol. The van der Waals surface area contributed by atoms with Crippen molar-refractivity contribution >= 4 is 17.8 Å². The molecule has 1 rings (SSSR count).